The summed E-state index contributed by atoms with van der Waals surface area (Å²) in [5.74, 6) is 0. The molecule has 2 aliphatic rings. The molecule has 0 heterocycles. The summed E-state index contributed by atoms with van der Waals surface area (Å²) in [6.07, 6.45) is 6.31. The van der Waals surface area contributed by atoms with Crippen molar-refractivity contribution >= 4 is 11.4 Å². The van der Waals surface area contributed by atoms with E-state index in [0.29, 0.717) is 13.1 Å². The lowest BCUT2D eigenvalue weighted by Crippen LogP contribution is -2.41. The van der Waals surface area contributed by atoms with Crippen LogP contribution < -0.4 is 11.5 Å². The molecule has 0 bridgehead atoms. The molecule has 2 aliphatic carbocycles. The minimum Gasteiger partial charge on any atom is -0.330 e. The quantitative estimate of drug-likeness (QED) is 0.761. The number of nitrogens with zero attached hydrogens (tertiary/aromatic N) is 2. The molecule has 2 fully saturated rings. The summed E-state index contributed by atoms with van der Waals surface area (Å²) in [6, 6.07) is 0. The monoisotopic (exact) mass is 334 g/mol. The molecule has 0 amide bonds. The molecule has 4 N–H and O–H groups in total. The van der Waals surface area contributed by atoms with Crippen LogP contribution in [0.4, 0.5) is 0 Å². The van der Waals surface area contributed by atoms with Crippen LogP contribution in [0.5, 0.6) is 0 Å². The van der Waals surface area contributed by atoms with Gasteiger partial charge in [0.1, 0.15) is 0 Å². The minimum absolute atomic E-state index is 0.151. The van der Waals surface area contributed by atoms with E-state index < -0.39 is 0 Å². The highest BCUT2D eigenvalue weighted by atomic mass is 15.2. The normalized spacial score (nSPS) is 39.3. The molecule has 0 saturated heterocycles. The topological polar surface area (TPSA) is 76.8 Å². The number of hydrogen-bond donors (Lipinski definition) is 2. The lowest BCUT2D eigenvalue weighted by atomic mass is 9.63. The van der Waals surface area contributed by atoms with Gasteiger partial charge in [-0.3, -0.25) is 0 Å². The molecule has 138 valence electrons. The van der Waals surface area contributed by atoms with Gasteiger partial charge in [-0.1, -0.05) is 41.5 Å². The fourth-order valence-electron chi connectivity index (χ4n) is 5.35. The van der Waals surface area contributed by atoms with Crippen molar-refractivity contribution in [2.24, 2.45) is 43.3 Å². The van der Waals surface area contributed by atoms with Gasteiger partial charge in [0, 0.05) is 11.4 Å². The van der Waals surface area contributed by atoms with E-state index in [-0.39, 0.29) is 21.7 Å². The van der Waals surface area contributed by atoms with E-state index >= 15 is 0 Å². The predicted molar refractivity (Wildman–Crippen MR) is 104 cm³/mol. The fraction of sp³-hybridized carbons (Fsp3) is 0.900. The molecule has 24 heavy (non-hydrogen) atoms. The van der Waals surface area contributed by atoms with Gasteiger partial charge in [0.15, 0.2) is 0 Å². The van der Waals surface area contributed by atoms with Gasteiger partial charge >= 0.3 is 0 Å². The Morgan fingerprint density at radius 3 is 1.29 bits per heavy atom. The Morgan fingerprint density at radius 2 is 1.00 bits per heavy atom. The molecular formula is C20H38N4. The van der Waals surface area contributed by atoms with Crippen molar-refractivity contribution in [2.45, 2.75) is 80.1 Å². The second-order valence-corrected chi connectivity index (χ2v) is 10.8. The van der Waals surface area contributed by atoms with Crippen molar-refractivity contribution < 1.29 is 0 Å². The molecule has 2 atom stereocenters. The summed E-state index contributed by atoms with van der Waals surface area (Å²) in [4.78, 5) is 0. The van der Waals surface area contributed by atoms with E-state index in [1.807, 2.05) is 0 Å². The van der Waals surface area contributed by atoms with Crippen LogP contribution in [0, 0.1) is 21.7 Å². The van der Waals surface area contributed by atoms with Gasteiger partial charge in [0.25, 0.3) is 0 Å². The van der Waals surface area contributed by atoms with Gasteiger partial charge in [-0.05, 0) is 73.3 Å². The van der Waals surface area contributed by atoms with E-state index in [2.05, 4.69) is 41.5 Å². The van der Waals surface area contributed by atoms with E-state index in [4.69, 9.17) is 21.7 Å². The highest BCUT2D eigenvalue weighted by Crippen LogP contribution is 2.45. The SMILES string of the molecule is CC1(C)CC(=NN=C2CC(C)(C)CC(C)(CN)C2)CC(C)(CN)C1. The average Bonchev–Trinajstić information content (AvgIpc) is 2.41. The first-order chi connectivity index (χ1) is 10.9. The highest BCUT2D eigenvalue weighted by molar-refractivity contribution is 5.90. The fourth-order valence-corrected chi connectivity index (χ4v) is 5.35. The number of hydrogen-bond acceptors (Lipinski definition) is 4. The minimum atomic E-state index is 0.151. The van der Waals surface area contributed by atoms with Crippen LogP contribution in [0.15, 0.2) is 10.2 Å². The number of nitrogens with two attached hydrogens (primary N) is 2. The van der Waals surface area contributed by atoms with E-state index in [1.165, 1.54) is 11.4 Å². The van der Waals surface area contributed by atoms with Gasteiger partial charge in [-0.2, -0.15) is 10.2 Å². The maximum Gasteiger partial charge on any atom is 0.0417 e. The lowest BCUT2D eigenvalue weighted by Gasteiger charge is -2.43. The Labute approximate surface area is 148 Å². The molecule has 2 saturated carbocycles. The van der Waals surface area contributed by atoms with E-state index in [0.717, 1.165) is 38.5 Å². The Balaban J connectivity index is 2.22. The van der Waals surface area contributed by atoms with E-state index in [1.54, 1.807) is 0 Å². The standard InChI is InChI=1S/C20H38N4/c1-17(2)7-15(9-19(5,11-17)13-21)23-24-16-8-18(3,4)12-20(6,10-16)14-22/h7-14,21-22H2,1-6H3. The molecule has 4 heteroatoms. The summed E-state index contributed by atoms with van der Waals surface area (Å²) in [6.45, 7) is 15.3. The lowest BCUT2D eigenvalue weighted by molar-refractivity contribution is 0.168. The second-order valence-electron chi connectivity index (χ2n) is 10.8. The van der Waals surface area contributed by atoms with Crippen LogP contribution in [0.25, 0.3) is 0 Å². The van der Waals surface area contributed by atoms with Crippen molar-refractivity contribution in [3.8, 4) is 0 Å². The van der Waals surface area contributed by atoms with Gasteiger partial charge in [-0.15, -0.1) is 0 Å². The Bertz CT molecular complexity index is 484. The summed E-state index contributed by atoms with van der Waals surface area (Å²) in [5, 5.41) is 9.44. The van der Waals surface area contributed by atoms with Gasteiger partial charge in [0.2, 0.25) is 0 Å². The van der Waals surface area contributed by atoms with Gasteiger partial charge < -0.3 is 11.5 Å². The summed E-state index contributed by atoms with van der Waals surface area (Å²) >= 11 is 0. The molecule has 0 aromatic heterocycles. The molecule has 0 spiro atoms. The van der Waals surface area contributed by atoms with Crippen molar-refractivity contribution in [3.05, 3.63) is 0 Å². The highest BCUT2D eigenvalue weighted by Gasteiger charge is 2.40. The smallest absolute Gasteiger partial charge is 0.0417 e. The zero-order valence-corrected chi connectivity index (χ0v) is 16.7. The Morgan fingerprint density at radius 1 is 0.667 bits per heavy atom. The largest absolute Gasteiger partial charge is 0.330 e. The first-order valence-corrected chi connectivity index (χ1v) is 9.41. The second kappa shape index (κ2) is 6.53. The van der Waals surface area contributed by atoms with Crippen LogP contribution in [-0.2, 0) is 0 Å². The first kappa shape index (κ1) is 19.6. The molecule has 2 unspecified atom stereocenters. The van der Waals surface area contributed by atoms with Gasteiger partial charge in [0.05, 0.1) is 0 Å². The van der Waals surface area contributed by atoms with E-state index in [9.17, 15) is 0 Å². The summed E-state index contributed by atoms with van der Waals surface area (Å²) in [7, 11) is 0. The van der Waals surface area contributed by atoms with Crippen molar-refractivity contribution in [3.63, 3.8) is 0 Å². The molecule has 0 radical (unpaired) electrons. The third-order valence-electron chi connectivity index (χ3n) is 5.76. The first-order valence-electron chi connectivity index (χ1n) is 9.41. The molecule has 4 nitrogen and oxygen atoms in total. The van der Waals surface area contributed by atoms with Crippen LogP contribution in [0.2, 0.25) is 0 Å². The Hall–Kier alpha value is -0.740. The van der Waals surface area contributed by atoms with Crippen LogP contribution in [0.1, 0.15) is 80.1 Å². The maximum absolute atomic E-state index is 6.04. The third-order valence-corrected chi connectivity index (χ3v) is 5.76. The van der Waals surface area contributed by atoms with Crippen LogP contribution >= 0.6 is 0 Å². The zero-order valence-electron chi connectivity index (χ0n) is 16.7. The van der Waals surface area contributed by atoms with Crippen molar-refractivity contribution in [1.29, 1.82) is 0 Å². The van der Waals surface area contributed by atoms with Crippen LogP contribution in [0.3, 0.4) is 0 Å². The van der Waals surface area contributed by atoms with Gasteiger partial charge in [-0.25, -0.2) is 0 Å². The molecule has 0 aromatic carbocycles. The molecule has 2 rings (SSSR count). The van der Waals surface area contributed by atoms with Crippen molar-refractivity contribution in [2.75, 3.05) is 13.1 Å². The molecule has 0 aromatic rings. The summed E-state index contributed by atoms with van der Waals surface area (Å²) in [5.41, 5.74) is 15.3. The summed E-state index contributed by atoms with van der Waals surface area (Å²) < 4.78 is 0. The number of rotatable bonds is 3. The maximum atomic E-state index is 6.04. The molecular weight excluding hydrogens is 296 g/mol. The Kier molecular flexibility index (Phi) is 5.33. The predicted octanol–water partition coefficient (Wildman–Crippen LogP) is 4.13. The van der Waals surface area contributed by atoms with Crippen LogP contribution in [-0.4, -0.2) is 24.5 Å². The third kappa shape index (κ3) is 4.89. The molecule has 0 aliphatic heterocycles. The zero-order chi connectivity index (χ0) is 18.2. The average molecular weight is 335 g/mol. The van der Waals surface area contributed by atoms with Crippen molar-refractivity contribution in [1.82, 2.24) is 0 Å².